The molecule has 3 aliphatic heterocycles. The fourth-order valence-electron chi connectivity index (χ4n) is 8.47. The topological polar surface area (TPSA) is 67.1 Å². The lowest BCUT2D eigenvalue weighted by Crippen LogP contribution is -2.74. The molecule has 9 rings (SSSR count). The summed E-state index contributed by atoms with van der Waals surface area (Å²) in [4.78, 5) is 2.59. The van der Waals surface area contributed by atoms with E-state index in [9.17, 15) is 10.2 Å². The van der Waals surface area contributed by atoms with Gasteiger partial charge in [0.05, 0.1) is 28.8 Å². The summed E-state index contributed by atoms with van der Waals surface area (Å²) in [6, 6.07) is 10.2. The van der Waals surface area contributed by atoms with Crippen LogP contribution in [0.3, 0.4) is 0 Å². The fourth-order valence-corrected chi connectivity index (χ4v) is 8.47. The van der Waals surface area contributed by atoms with Gasteiger partial charge in [-0.15, -0.1) is 0 Å². The standard InChI is InChI=1S/C28H28N2O4/c31-19-7-6-16-12-21-28(32)13-18-17-2-1-3-20-23(17)30(10-11-33-20)24(18)26-27(28,22(16)25(19)34-26)8-9-29(21)14-15-4-5-15/h1-3,6-7,15,21,26,31-32H,4-5,8-14H2/t21-,26+,27+,28?/m1/s1. The number of aromatic nitrogens is 1. The van der Waals surface area contributed by atoms with E-state index in [-0.39, 0.29) is 17.9 Å². The molecule has 34 heavy (non-hydrogen) atoms. The van der Waals surface area contributed by atoms with Crippen molar-refractivity contribution in [3.05, 3.63) is 52.7 Å². The van der Waals surface area contributed by atoms with Crippen LogP contribution in [0.4, 0.5) is 0 Å². The first-order valence-corrected chi connectivity index (χ1v) is 12.9. The van der Waals surface area contributed by atoms with Gasteiger partial charge in [0.15, 0.2) is 17.6 Å². The number of benzene rings is 2. The molecule has 6 nitrogen and oxygen atoms in total. The molecule has 6 heteroatoms. The largest absolute Gasteiger partial charge is 0.504 e. The number of likely N-dealkylation sites (tertiary alicyclic amines) is 1. The van der Waals surface area contributed by atoms with Gasteiger partial charge in [0.1, 0.15) is 12.4 Å². The smallest absolute Gasteiger partial charge is 0.166 e. The molecule has 0 radical (unpaired) electrons. The molecule has 174 valence electrons. The number of fused-ring (bicyclic) bond motifs is 4. The maximum absolute atomic E-state index is 12.9. The molecule has 2 fully saturated rings. The quantitative estimate of drug-likeness (QED) is 0.619. The maximum Gasteiger partial charge on any atom is 0.166 e. The third-order valence-electron chi connectivity index (χ3n) is 9.97. The molecule has 2 N–H and O–H groups in total. The third kappa shape index (κ3) is 1.89. The highest BCUT2D eigenvalue weighted by atomic mass is 16.5. The molecular formula is C28H28N2O4. The first kappa shape index (κ1) is 18.6. The Morgan fingerprint density at radius 3 is 2.91 bits per heavy atom. The minimum absolute atomic E-state index is 0.0621. The number of phenolic OH excluding ortho intramolecular Hbond substituents is 1. The Morgan fingerprint density at radius 2 is 2.03 bits per heavy atom. The lowest BCUT2D eigenvalue weighted by molar-refractivity contribution is -0.173. The zero-order valence-electron chi connectivity index (χ0n) is 19.1. The zero-order valence-corrected chi connectivity index (χ0v) is 19.1. The van der Waals surface area contributed by atoms with Gasteiger partial charge in [-0.05, 0) is 61.4 Å². The van der Waals surface area contributed by atoms with Crippen molar-refractivity contribution in [2.45, 2.75) is 61.8 Å². The first-order chi connectivity index (χ1) is 16.6. The van der Waals surface area contributed by atoms with Gasteiger partial charge in [-0.3, -0.25) is 4.90 Å². The van der Waals surface area contributed by atoms with E-state index in [4.69, 9.17) is 9.47 Å². The van der Waals surface area contributed by atoms with E-state index in [0.717, 1.165) is 55.2 Å². The molecule has 1 unspecified atom stereocenters. The van der Waals surface area contributed by atoms with Crippen molar-refractivity contribution in [3.63, 3.8) is 0 Å². The van der Waals surface area contributed by atoms with Crippen molar-refractivity contribution in [2.75, 3.05) is 19.7 Å². The van der Waals surface area contributed by atoms with E-state index in [2.05, 4.69) is 27.7 Å². The number of piperidine rings is 1. The van der Waals surface area contributed by atoms with E-state index in [1.54, 1.807) is 6.07 Å². The third-order valence-corrected chi connectivity index (χ3v) is 9.97. The predicted molar refractivity (Wildman–Crippen MR) is 126 cm³/mol. The summed E-state index contributed by atoms with van der Waals surface area (Å²) in [6.45, 7) is 3.48. The molecule has 4 heterocycles. The summed E-state index contributed by atoms with van der Waals surface area (Å²) in [7, 11) is 0. The predicted octanol–water partition coefficient (Wildman–Crippen LogP) is 3.44. The van der Waals surface area contributed by atoms with E-state index < -0.39 is 11.0 Å². The zero-order chi connectivity index (χ0) is 22.4. The number of ether oxygens (including phenoxy) is 2. The summed E-state index contributed by atoms with van der Waals surface area (Å²) >= 11 is 0. The van der Waals surface area contributed by atoms with Gasteiger partial charge in [-0.1, -0.05) is 18.2 Å². The maximum atomic E-state index is 12.9. The molecule has 3 aliphatic carbocycles. The van der Waals surface area contributed by atoms with Crippen LogP contribution in [0.15, 0.2) is 30.3 Å². The molecule has 2 aromatic carbocycles. The van der Waals surface area contributed by atoms with E-state index in [0.29, 0.717) is 18.8 Å². The Balaban J connectivity index is 1.36. The molecule has 1 saturated heterocycles. The van der Waals surface area contributed by atoms with Gasteiger partial charge in [-0.2, -0.15) is 0 Å². The van der Waals surface area contributed by atoms with Crippen LogP contribution in [0.1, 0.15) is 47.8 Å². The minimum atomic E-state index is -0.937. The number of hydrogen-bond acceptors (Lipinski definition) is 5. The molecule has 4 atom stereocenters. The van der Waals surface area contributed by atoms with Gasteiger partial charge in [0.2, 0.25) is 0 Å². The number of rotatable bonds is 2. The van der Waals surface area contributed by atoms with Crippen LogP contribution in [0, 0.1) is 5.92 Å². The normalized spacial score (nSPS) is 34.4. The summed E-state index contributed by atoms with van der Waals surface area (Å²) in [6.07, 6.45) is 4.61. The molecule has 1 spiro atoms. The number of nitrogens with zero attached hydrogens (tertiary/aromatic N) is 2. The highest BCUT2D eigenvalue weighted by Crippen LogP contribution is 2.69. The van der Waals surface area contributed by atoms with Crippen LogP contribution in [0.25, 0.3) is 10.9 Å². The average molecular weight is 457 g/mol. The number of aromatic hydroxyl groups is 1. The van der Waals surface area contributed by atoms with Crippen LogP contribution in [0.5, 0.6) is 17.2 Å². The summed E-state index contributed by atoms with van der Waals surface area (Å²) < 4.78 is 15.2. The van der Waals surface area contributed by atoms with Crippen LogP contribution in [0.2, 0.25) is 0 Å². The van der Waals surface area contributed by atoms with E-state index >= 15 is 0 Å². The van der Waals surface area contributed by atoms with Crippen LogP contribution in [-0.2, 0) is 24.8 Å². The lowest BCUT2D eigenvalue weighted by Gasteiger charge is -2.63. The second-order valence-corrected chi connectivity index (χ2v) is 11.4. The van der Waals surface area contributed by atoms with Crippen molar-refractivity contribution >= 4 is 10.9 Å². The fraction of sp³-hybridized carbons (Fsp3) is 0.500. The van der Waals surface area contributed by atoms with Crippen molar-refractivity contribution in [1.29, 1.82) is 0 Å². The van der Waals surface area contributed by atoms with Gasteiger partial charge < -0.3 is 24.3 Å². The second kappa shape index (κ2) is 5.74. The number of hydrogen-bond donors (Lipinski definition) is 2. The first-order valence-electron chi connectivity index (χ1n) is 12.9. The summed E-state index contributed by atoms with van der Waals surface area (Å²) in [5.74, 6) is 2.50. The Morgan fingerprint density at radius 1 is 1.12 bits per heavy atom. The highest BCUT2D eigenvalue weighted by Gasteiger charge is 2.73. The second-order valence-electron chi connectivity index (χ2n) is 11.4. The molecule has 1 saturated carbocycles. The van der Waals surface area contributed by atoms with Crippen LogP contribution < -0.4 is 9.47 Å². The molecule has 2 bridgehead atoms. The van der Waals surface area contributed by atoms with E-state index in [1.807, 2.05) is 6.07 Å². The number of para-hydroxylation sites is 1. The van der Waals surface area contributed by atoms with Crippen molar-refractivity contribution < 1.29 is 19.7 Å². The minimum Gasteiger partial charge on any atom is -0.504 e. The van der Waals surface area contributed by atoms with Crippen molar-refractivity contribution in [2.24, 2.45) is 5.92 Å². The Kier molecular flexibility index (Phi) is 3.14. The molecular weight excluding hydrogens is 428 g/mol. The van der Waals surface area contributed by atoms with Gasteiger partial charge >= 0.3 is 0 Å². The molecule has 1 aromatic heterocycles. The van der Waals surface area contributed by atoms with Gasteiger partial charge in [0.25, 0.3) is 0 Å². The molecule has 3 aromatic rings. The van der Waals surface area contributed by atoms with Crippen molar-refractivity contribution in [1.82, 2.24) is 9.47 Å². The monoisotopic (exact) mass is 456 g/mol. The van der Waals surface area contributed by atoms with Crippen molar-refractivity contribution in [3.8, 4) is 17.2 Å². The average Bonchev–Trinajstić information content (AvgIpc) is 3.50. The van der Waals surface area contributed by atoms with Crippen LogP contribution >= 0.6 is 0 Å². The highest BCUT2D eigenvalue weighted by molar-refractivity contribution is 5.92. The van der Waals surface area contributed by atoms with Crippen LogP contribution in [-0.4, -0.2) is 51.0 Å². The Bertz CT molecular complexity index is 1420. The number of aliphatic hydroxyl groups is 1. The van der Waals surface area contributed by atoms with Gasteiger partial charge in [-0.25, -0.2) is 0 Å². The lowest BCUT2D eigenvalue weighted by atomic mass is 9.49. The molecule has 0 amide bonds. The number of phenols is 1. The SMILES string of the molecule is Oc1ccc2c3c1O[C@H]1c4c(c5cccc6c5n4CCO6)CC4(O)[C@@H](C2)N(CC2CC2)CC[C@]314. The van der Waals surface area contributed by atoms with Gasteiger partial charge in [0, 0.05) is 30.0 Å². The summed E-state index contributed by atoms with van der Waals surface area (Å²) in [5.41, 5.74) is 4.39. The molecule has 6 aliphatic rings. The Hall–Kier alpha value is -2.70. The van der Waals surface area contributed by atoms with E-state index in [1.165, 1.54) is 35.0 Å². The summed E-state index contributed by atoms with van der Waals surface area (Å²) in [5, 5.41) is 25.0. The Labute approximate surface area is 197 Å².